The number of aromatic nitrogens is 1. The summed E-state index contributed by atoms with van der Waals surface area (Å²) >= 11 is 0. The number of pyridine rings is 1. The van der Waals surface area contributed by atoms with Gasteiger partial charge in [0.2, 0.25) is 0 Å². The van der Waals surface area contributed by atoms with Crippen LogP contribution in [0.3, 0.4) is 0 Å². The van der Waals surface area contributed by atoms with Crippen LogP contribution >= 0.6 is 0 Å². The zero-order valence-electron chi connectivity index (χ0n) is 12.6. The highest BCUT2D eigenvalue weighted by Crippen LogP contribution is 2.26. The highest BCUT2D eigenvalue weighted by Gasteiger charge is 2.36. The number of nitrogens with zero attached hydrogens (tertiary/aromatic N) is 2. The Kier molecular flexibility index (Phi) is 5.11. The van der Waals surface area contributed by atoms with Crippen LogP contribution in [-0.2, 0) is 24.7 Å². The zero-order chi connectivity index (χ0) is 15.3. The lowest BCUT2D eigenvalue weighted by atomic mass is 9.96. The van der Waals surface area contributed by atoms with Crippen LogP contribution in [0.1, 0.15) is 12.5 Å². The van der Waals surface area contributed by atoms with Crippen LogP contribution in [0.4, 0.5) is 5.82 Å². The lowest BCUT2D eigenvalue weighted by Crippen LogP contribution is -2.43. The Morgan fingerprint density at radius 3 is 2.62 bits per heavy atom. The molecule has 2 heterocycles. The van der Waals surface area contributed by atoms with E-state index in [1.54, 1.807) is 13.1 Å². The summed E-state index contributed by atoms with van der Waals surface area (Å²) in [5, 5.41) is 0. The Balaban J connectivity index is 2.17. The molecule has 0 bridgehead atoms. The third-order valence-corrected chi connectivity index (χ3v) is 3.67. The van der Waals surface area contributed by atoms with Crippen LogP contribution in [0.2, 0.25) is 0 Å². The Hall–Kier alpha value is -1.70. The molecular formula is C14H21N3O4. The van der Waals surface area contributed by atoms with Gasteiger partial charge in [0.25, 0.3) is 5.91 Å². The quantitative estimate of drug-likeness (QED) is 0.796. The smallest absolute Gasteiger partial charge is 0.280 e. The third-order valence-electron chi connectivity index (χ3n) is 3.67. The largest absolute Gasteiger partial charge is 0.378 e. The van der Waals surface area contributed by atoms with Gasteiger partial charge >= 0.3 is 0 Å². The highest BCUT2D eigenvalue weighted by molar-refractivity contribution is 5.85. The van der Waals surface area contributed by atoms with Gasteiger partial charge in [-0.25, -0.2) is 10.5 Å². The minimum absolute atomic E-state index is 0.381. The van der Waals surface area contributed by atoms with Gasteiger partial charge in [-0.1, -0.05) is 6.07 Å². The lowest BCUT2D eigenvalue weighted by Gasteiger charge is -2.29. The van der Waals surface area contributed by atoms with Crippen molar-refractivity contribution >= 4 is 11.7 Å². The number of amides is 1. The first-order chi connectivity index (χ1) is 10.1. The van der Waals surface area contributed by atoms with Gasteiger partial charge in [-0.15, -0.1) is 0 Å². The van der Waals surface area contributed by atoms with Crippen molar-refractivity contribution in [1.82, 2.24) is 10.5 Å². The summed E-state index contributed by atoms with van der Waals surface area (Å²) in [6, 6.07) is 3.73. The number of hydrogen-bond acceptors (Lipinski definition) is 6. The maximum atomic E-state index is 12.1. The topological polar surface area (TPSA) is 72.9 Å². The second kappa shape index (κ2) is 6.84. The predicted octanol–water partition coefficient (Wildman–Crippen LogP) is 0.457. The number of hydrogen-bond donors (Lipinski definition) is 1. The molecular weight excluding hydrogens is 274 g/mol. The molecule has 0 aromatic carbocycles. The molecule has 0 radical (unpaired) electrons. The van der Waals surface area contributed by atoms with Crippen LogP contribution in [0.25, 0.3) is 0 Å². The van der Waals surface area contributed by atoms with E-state index in [-0.39, 0.29) is 5.91 Å². The second-order valence-electron chi connectivity index (χ2n) is 4.88. The van der Waals surface area contributed by atoms with Crippen LogP contribution in [0.5, 0.6) is 0 Å². The average Bonchev–Trinajstić information content (AvgIpc) is 2.55. The van der Waals surface area contributed by atoms with Gasteiger partial charge in [0.1, 0.15) is 5.82 Å². The molecule has 0 saturated carbocycles. The Morgan fingerprint density at radius 1 is 1.38 bits per heavy atom. The molecule has 1 saturated heterocycles. The number of methoxy groups -OCH3 is 1. The fraction of sp³-hybridized carbons (Fsp3) is 0.571. The van der Waals surface area contributed by atoms with Gasteiger partial charge < -0.3 is 14.4 Å². The van der Waals surface area contributed by atoms with Gasteiger partial charge in [-0.3, -0.25) is 9.63 Å². The summed E-state index contributed by atoms with van der Waals surface area (Å²) in [4.78, 5) is 23.3. The lowest BCUT2D eigenvalue weighted by molar-refractivity contribution is -0.153. The fourth-order valence-electron chi connectivity index (χ4n) is 2.18. The van der Waals surface area contributed by atoms with Crippen LogP contribution < -0.4 is 10.4 Å². The molecule has 116 valence electrons. The Labute approximate surface area is 124 Å². The van der Waals surface area contributed by atoms with Crippen molar-refractivity contribution < 1.29 is 19.1 Å². The fourth-order valence-corrected chi connectivity index (χ4v) is 2.18. The summed E-state index contributed by atoms with van der Waals surface area (Å²) in [6.45, 7) is 4.72. The van der Waals surface area contributed by atoms with E-state index in [1.807, 2.05) is 12.1 Å². The van der Waals surface area contributed by atoms with Gasteiger partial charge in [-0.2, -0.15) is 0 Å². The number of anilines is 1. The van der Waals surface area contributed by atoms with Gasteiger partial charge in [0.15, 0.2) is 5.60 Å². The summed E-state index contributed by atoms with van der Waals surface area (Å²) in [7, 11) is 2.86. The van der Waals surface area contributed by atoms with Crippen molar-refractivity contribution in [1.29, 1.82) is 0 Å². The molecule has 1 aromatic rings. The van der Waals surface area contributed by atoms with Crippen molar-refractivity contribution in [3.8, 4) is 0 Å². The maximum Gasteiger partial charge on any atom is 0.280 e. The van der Waals surface area contributed by atoms with E-state index in [2.05, 4.69) is 20.2 Å². The van der Waals surface area contributed by atoms with Crippen LogP contribution in [0.15, 0.2) is 18.3 Å². The molecule has 1 unspecified atom stereocenters. The minimum atomic E-state index is -1.15. The molecule has 1 aliphatic heterocycles. The molecule has 1 atom stereocenters. The van der Waals surface area contributed by atoms with Crippen LogP contribution in [-0.4, -0.2) is 51.4 Å². The molecule has 7 nitrogen and oxygen atoms in total. The zero-order valence-corrected chi connectivity index (χ0v) is 12.6. The van der Waals surface area contributed by atoms with Gasteiger partial charge in [0.05, 0.1) is 20.3 Å². The summed E-state index contributed by atoms with van der Waals surface area (Å²) in [5.74, 6) is 0.487. The average molecular weight is 295 g/mol. The summed E-state index contributed by atoms with van der Waals surface area (Å²) in [6.07, 6.45) is 1.66. The SMILES string of the molecule is CONC(=O)C(C)(OC)c1ccc(N2CCOCC2)nc1. The van der Waals surface area contributed by atoms with Crippen LogP contribution in [0, 0.1) is 0 Å². The molecule has 2 rings (SSSR count). The standard InChI is InChI=1S/C14H21N3O4/c1-14(19-2,13(18)16-20-3)11-4-5-12(15-10-11)17-6-8-21-9-7-17/h4-5,10H,6-9H2,1-3H3,(H,16,18). The summed E-state index contributed by atoms with van der Waals surface area (Å²) < 4.78 is 10.7. The van der Waals surface area contributed by atoms with Crippen molar-refractivity contribution in [3.63, 3.8) is 0 Å². The second-order valence-corrected chi connectivity index (χ2v) is 4.88. The molecule has 7 heteroatoms. The molecule has 21 heavy (non-hydrogen) atoms. The van der Waals surface area contributed by atoms with E-state index in [9.17, 15) is 4.79 Å². The first kappa shape index (κ1) is 15.7. The van der Waals surface area contributed by atoms with Crippen molar-refractivity contribution in [2.24, 2.45) is 0 Å². The normalized spacial score (nSPS) is 18.1. The predicted molar refractivity (Wildman–Crippen MR) is 76.8 cm³/mol. The molecule has 1 N–H and O–H groups in total. The van der Waals surface area contributed by atoms with E-state index >= 15 is 0 Å². The number of hydroxylamine groups is 1. The van der Waals surface area contributed by atoms with Crippen molar-refractivity contribution in [3.05, 3.63) is 23.9 Å². The molecule has 1 amide bonds. The first-order valence-electron chi connectivity index (χ1n) is 6.79. The molecule has 0 spiro atoms. The number of carbonyl (C=O) groups is 1. The van der Waals surface area contributed by atoms with E-state index in [0.29, 0.717) is 18.8 Å². The molecule has 0 aliphatic carbocycles. The molecule has 1 aromatic heterocycles. The number of ether oxygens (including phenoxy) is 2. The van der Waals surface area contributed by atoms with Crippen molar-refractivity contribution in [2.75, 3.05) is 45.4 Å². The Morgan fingerprint density at radius 2 is 2.10 bits per heavy atom. The Bertz CT molecular complexity index is 474. The number of morpholine rings is 1. The van der Waals surface area contributed by atoms with E-state index < -0.39 is 5.60 Å². The van der Waals surface area contributed by atoms with E-state index in [0.717, 1.165) is 18.9 Å². The van der Waals surface area contributed by atoms with Gasteiger partial charge in [0, 0.05) is 32.0 Å². The highest BCUT2D eigenvalue weighted by atomic mass is 16.6. The number of nitrogens with one attached hydrogen (secondary N) is 1. The van der Waals surface area contributed by atoms with Gasteiger partial charge in [-0.05, 0) is 13.0 Å². The molecule has 1 aliphatic rings. The summed E-state index contributed by atoms with van der Waals surface area (Å²) in [5.41, 5.74) is 1.81. The third kappa shape index (κ3) is 3.31. The van der Waals surface area contributed by atoms with E-state index in [1.165, 1.54) is 14.2 Å². The maximum absolute atomic E-state index is 12.1. The van der Waals surface area contributed by atoms with E-state index in [4.69, 9.17) is 9.47 Å². The minimum Gasteiger partial charge on any atom is -0.378 e. The number of rotatable bonds is 5. The monoisotopic (exact) mass is 295 g/mol. The first-order valence-corrected chi connectivity index (χ1v) is 6.79. The number of carbonyl (C=O) groups excluding carboxylic acids is 1. The molecule has 1 fully saturated rings. The van der Waals surface area contributed by atoms with Crippen molar-refractivity contribution in [2.45, 2.75) is 12.5 Å².